The Kier molecular flexibility index (Phi) is 5.82. The number of aryl methyl sites for hydroxylation is 1. The zero-order valence-electron chi connectivity index (χ0n) is 12.2. The summed E-state index contributed by atoms with van der Waals surface area (Å²) in [5, 5.41) is 7.04. The van der Waals surface area contributed by atoms with Gasteiger partial charge in [-0.1, -0.05) is 0 Å². The van der Waals surface area contributed by atoms with E-state index >= 15 is 0 Å². The topological polar surface area (TPSA) is 79.8 Å². The molecule has 3 heterocycles. The van der Waals surface area contributed by atoms with E-state index in [2.05, 4.69) is 25.6 Å². The van der Waals surface area contributed by atoms with Gasteiger partial charge < -0.3 is 10.6 Å². The molecule has 0 spiro atoms. The Morgan fingerprint density at radius 3 is 2.86 bits per heavy atom. The quantitative estimate of drug-likeness (QED) is 0.891. The molecule has 0 radical (unpaired) electrons. The van der Waals surface area contributed by atoms with Gasteiger partial charge in [-0.3, -0.25) is 4.79 Å². The summed E-state index contributed by atoms with van der Waals surface area (Å²) >= 11 is 1.34. The van der Waals surface area contributed by atoms with Gasteiger partial charge in [-0.2, -0.15) is 0 Å². The Labute approximate surface area is 139 Å². The third-order valence-electron chi connectivity index (χ3n) is 3.39. The van der Waals surface area contributed by atoms with Crippen LogP contribution in [0.4, 0.5) is 0 Å². The van der Waals surface area contributed by atoms with Gasteiger partial charge in [-0.05, 0) is 32.4 Å². The SMILES string of the molecule is Cc1nc(-c2ncccn2)sc1C(=O)N[C@H]1CCCNC1.Cl. The molecule has 6 nitrogen and oxygen atoms in total. The molecule has 2 N–H and O–H groups in total. The summed E-state index contributed by atoms with van der Waals surface area (Å²) in [5.74, 6) is 0.505. The van der Waals surface area contributed by atoms with Gasteiger partial charge in [0.2, 0.25) is 0 Å². The molecule has 1 saturated heterocycles. The zero-order chi connectivity index (χ0) is 14.7. The second-order valence-electron chi connectivity index (χ2n) is 5.02. The molecule has 1 aliphatic rings. The lowest BCUT2D eigenvalue weighted by molar-refractivity contribution is 0.0934. The number of carbonyl (C=O) groups is 1. The number of piperidine rings is 1. The summed E-state index contributed by atoms with van der Waals surface area (Å²) in [5.41, 5.74) is 0.726. The summed E-state index contributed by atoms with van der Waals surface area (Å²) < 4.78 is 0. The van der Waals surface area contributed by atoms with Crippen LogP contribution in [0.2, 0.25) is 0 Å². The van der Waals surface area contributed by atoms with Crippen LogP contribution in [0.3, 0.4) is 0 Å². The van der Waals surface area contributed by atoms with Crippen molar-refractivity contribution in [3.05, 3.63) is 29.0 Å². The summed E-state index contributed by atoms with van der Waals surface area (Å²) in [4.78, 5) is 25.8. The number of amides is 1. The number of aromatic nitrogens is 3. The van der Waals surface area contributed by atoms with Gasteiger partial charge in [0.15, 0.2) is 10.8 Å². The molecule has 2 aromatic rings. The molecule has 0 saturated carbocycles. The standard InChI is InChI=1S/C14H17N5OS.ClH/c1-9-11(13(20)19-10-4-2-5-15-8-10)21-14(18-9)12-16-6-3-7-17-12;/h3,6-7,10,15H,2,4-5,8H2,1H3,(H,19,20);1H/t10-;/m0./s1. The van der Waals surface area contributed by atoms with Crippen LogP contribution in [-0.2, 0) is 0 Å². The van der Waals surface area contributed by atoms with E-state index in [1.54, 1.807) is 18.5 Å². The molecule has 1 fully saturated rings. The largest absolute Gasteiger partial charge is 0.347 e. The summed E-state index contributed by atoms with van der Waals surface area (Å²) in [7, 11) is 0. The van der Waals surface area contributed by atoms with E-state index in [0.29, 0.717) is 15.7 Å². The van der Waals surface area contributed by atoms with E-state index in [0.717, 1.165) is 31.6 Å². The highest BCUT2D eigenvalue weighted by molar-refractivity contribution is 7.17. The number of nitrogens with one attached hydrogen (secondary N) is 2. The highest BCUT2D eigenvalue weighted by Crippen LogP contribution is 2.25. The van der Waals surface area contributed by atoms with Gasteiger partial charge in [0.25, 0.3) is 5.91 Å². The molecule has 1 aliphatic heterocycles. The smallest absolute Gasteiger partial charge is 0.263 e. The molecule has 3 rings (SSSR count). The number of rotatable bonds is 3. The zero-order valence-corrected chi connectivity index (χ0v) is 13.8. The molecular formula is C14H18ClN5OS. The van der Waals surface area contributed by atoms with E-state index in [1.165, 1.54) is 11.3 Å². The second kappa shape index (κ2) is 7.62. The number of hydrogen-bond donors (Lipinski definition) is 2. The predicted octanol–water partition coefficient (Wildman–Crippen LogP) is 1.81. The van der Waals surface area contributed by atoms with Gasteiger partial charge in [0.1, 0.15) is 4.88 Å². The van der Waals surface area contributed by atoms with Crippen LogP contribution in [0, 0.1) is 6.92 Å². The van der Waals surface area contributed by atoms with E-state index in [4.69, 9.17) is 0 Å². The van der Waals surface area contributed by atoms with Crippen molar-refractivity contribution in [2.75, 3.05) is 13.1 Å². The lowest BCUT2D eigenvalue weighted by Gasteiger charge is -2.23. The number of halogens is 1. The molecule has 1 amide bonds. The van der Waals surface area contributed by atoms with Crippen LogP contribution in [0.15, 0.2) is 18.5 Å². The molecule has 0 bridgehead atoms. The molecule has 1 atom stereocenters. The fraction of sp³-hybridized carbons (Fsp3) is 0.429. The molecule has 22 heavy (non-hydrogen) atoms. The Morgan fingerprint density at radius 2 is 2.18 bits per heavy atom. The molecule has 8 heteroatoms. The predicted molar refractivity (Wildman–Crippen MR) is 88.5 cm³/mol. The molecule has 0 aliphatic carbocycles. The minimum Gasteiger partial charge on any atom is -0.347 e. The first-order chi connectivity index (χ1) is 10.2. The van der Waals surface area contributed by atoms with Crippen molar-refractivity contribution < 1.29 is 4.79 Å². The van der Waals surface area contributed by atoms with Crippen LogP contribution < -0.4 is 10.6 Å². The Balaban J connectivity index is 0.00000176. The average molecular weight is 340 g/mol. The van der Waals surface area contributed by atoms with Gasteiger partial charge >= 0.3 is 0 Å². The number of carbonyl (C=O) groups excluding carboxylic acids is 1. The first-order valence-corrected chi connectivity index (χ1v) is 7.82. The highest BCUT2D eigenvalue weighted by atomic mass is 35.5. The van der Waals surface area contributed by atoms with Crippen molar-refractivity contribution in [2.24, 2.45) is 0 Å². The van der Waals surface area contributed by atoms with Crippen LogP contribution in [0.25, 0.3) is 10.8 Å². The Morgan fingerprint density at radius 1 is 1.41 bits per heavy atom. The third-order valence-corrected chi connectivity index (χ3v) is 4.54. The Bertz CT molecular complexity index is 627. The lowest BCUT2D eigenvalue weighted by atomic mass is 10.1. The van der Waals surface area contributed by atoms with Gasteiger partial charge in [0.05, 0.1) is 5.69 Å². The van der Waals surface area contributed by atoms with Crippen molar-refractivity contribution in [1.29, 1.82) is 0 Å². The van der Waals surface area contributed by atoms with Gasteiger partial charge in [0, 0.05) is 25.0 Å². The van der Waals surface area contributed by atoms with Gasteiger partial charge in [-0.25, -0.2) is 15.0 Å². The van der Waals surface area contributed by atoms with Crippen LogP contribution in [-0.4, -0.2) is 40.0 Å². The molecule has 0 aromatic carbocycles. The van der Waals surface area contributed by atoms with Gasteiger partial charge in [-0.15, -0.1) is 23.7 Å². The average Bonchev–Trinajstić information content (AvgIpc) is 2.91. The van der Waals surface area contributed by atoms with E-state index in [-0.39, 0.29) is 24.4 Å². The van der Waals surface area contributed by atoms with Crippen LogP contribution in [0.1, 0.15) is 28.2 Å². The maximum Gasteiger partial charge on any atom is 0.263 e. The monoisotopic (exact) mass is 339 g/mol. The normalized spacial score (nSPS) is 17.6. The number of hydrogen-bond acceptors (Lipinski definition) is 6. The number of thiazole rings is 1. The van der Waals surface area contributed by atoms with Crippen LogP contribution in [0.5, 0.6) is 0 Å². The van der Waals surface area contributed by atoms with E-state index < -0.39 is 0 Å². The maximum atomic E-state index is 12.4. The van der Waals surface area contributed by atoms with Crippen molar-refractivity contribution in [2.45, 2.75) is 25.8 Å². The molecule has 118 valence electrons. The fourth-order valence-corrected chi connectivity index (χ4v) is 3.26. The molecule has 2 aromatic heterocycles. The first kappa shape index (κ1) is 16.8. The minimum atomic E-state index is -0.0547. The molecule has 0 unspecified atom stereocenters. The van der Waals surface area contributed by atoms with E-state index in [1.807, 2.05) is 6.92 Å². The summed E-state index contributed by atoms with van der Waals surface area (Å²) in [6.07, 6.45) is 5.46. The minimum absolute atomic E-state index is 0. The highest BCUT2D eigenvalue weighted by Gasteiger charge is 2.21. The lowest BCUT2D eigenvalue weighted by Crippen LogP contribution is -2.45. The summed E-state index contributed by atoms with van der Waals surface area (Å²) in [6.45, 7) is 3.71. The fourth-order valence-electron chi connectivity index (χ4n) is 2.34. The number of nitrogens with zero attached hydrogens (tertiary/aromatic N) is 3. The first-order valence-electron chi connectivity index (χ1n) is 7.00. The summed E-state index contributed by atoms with van der Waals surface area (Å²) in [6, 6.07) is 1.96. The third kappa shape index (κ3) is 3.79. The van der Waals surface area contributed by atoms with Crippen molar-refractivity contribution >= 4 is 29.7 Å². The van der Waals surface area contributed by atoms with Crippen molar-refractivity contribution in [3.8, 4) is 10.8 Å². The maximum absolute atomic E-state index is 12.4. The van der Waals surface area contributed by atoms with Crippen LogP contribution >= 0.6 is 23.7 Å². The second-order valence-corrected chi connectivity index (χ2v) is 6.02. The van der Waals surface area contributed by atoms with Crippen molar-refractivity contribution in [3.63, 3.8) is 0 Å². The Hall–Kier alpha value is -1.57. The molecular weight excluding hydrogens is 322 g/mol. The van der Waals surface area contributed by atoms with E-state index in [9.17, 15) is 4.79 Å². The van der Waals surface area contributed by atoms with Crippen molar-refractivity contribution in [1.82, 2.24) is 25.6 Å².